The number of carbonyl (C=O) groups excluding carboxylic acids is 1. The minimum Gasteiger partial charge on any atom is -0.337 e. The number of hydrogen-bond donors (Lipinski definition) is 1. The Bertz CT molecular complexity index is 1220. The Labute approximate surface area is 184 Å². The summed E-state index contributed by atoms with van der Waals surface area (Å²) in [4.78, 5) is 25.6. The molecule has 2 heterocycles. The summed E-state index contributed by atoms with van der Waals surface area (Å²) in [5.41, 5.74) is -0.0997. The summed E-state index contributed by atoms with van der Waals surface area (Å²) in [6, 6.07) is 9.67. The smallest absolute Gasteiger partial charge is 0.262 e. The number of para-hydroxylation sites is 1. The van der Waals surface area contributed by atoms with Gasteiger partial charge in [0.15, 0.2) is 5.16 Å². The molecule has 1 aromatic carbocycles. The average molecular weight is 439 g/mol. The normalized spacial score (nSPS) is 15.5. The number of hydrogen-bond acceptors (Lipinski definition) is 6. The van der Waals surface area contributed by atoms with Crippen molar-refractivity contribution in [2.45, 2.75) is 63.2 Å². The van der Waals surface area contributed by atoms with E-state index in [1.165, 1.54) is 11.8 Å². The van der Waals surface area contributed by atoms with E-state index < -0.39 is 5.54 Å². The van der Waals surface area contributed by atoms with Gasteiger partial charge in [0, 0.05) is 6.54 Å². The minimum atomic E-state index is -0.741. The van der Waals surface area contributed by atoms with Crippen molar-refractivity contribution in [1.29, 1.82) is 5.26 Å². The molecule has 0 spiro atoms. The zero-order valence-corrected chi connectivity index (χ0v) is 18.6. The van der Waals surface area contributed by atoms with Gasteiger partial charge in [0.1, 0.15) is 5.54 Å². The number of rotatable bonds is 7. The molecule has 9 heteroatoms. The van der Waals surface area contributed by atoms with E-state index in [0.717, 1.165) is 24.8 Å². The first-order chi connectivity index (χ1) is 14.9. The highest BCUT2D eigenvalue weighted by Gasteiger charge is 2.35. The maximum Gasteiger partial charge on any atom is 0.262 e. The SMILES string of the molecule is CC(C)CCn1c(=O)c2ccccc2n2c(SCC(=O)NC3(C#N)CCCC3)nnc12. The van der Waals surface area contributed by atoms with Gasteiger partial charge >= 0.3 is 0 Å². The van der Waals surface area contributed by atoms with E-state index in [1.807, 2.05) is 22.6 Å². The van der Waals surface area contributed by atoms with Gasteiger partial charge < -0.3 is 5.32 Å². The minimum absolute atomic E-state index is 0.0809. The van der Waals surface area contributed by atoms with Crippen LogP contribution in [0.4, 0.5) is 0 Å². The molecule has 0 bridgehead atoms. The van der Waals surface area contributed by atoms with Crippen LogP contribution < -0.4 is 10.9 Å². The largest absolute Gasteiger partial charge is 0.337 e. The molecule has 0 radical (unpaired) electrons. The lowest BCUT2D eigenvalue weighted by Crippen LogP contribution is -2.45. The highest BCUT2D eigenvalue weighted by atomic mass is 32.2. The average Bonchev–Trinajstić information content (AvgIpc) is 3.40. The zero-order valence-electron chi connectivity index (χ0n) is 17.8. The molecule has 4 rings (SSSR count). The van der Waals surface area contributed by atoms with Crippen molar-refractivity contribution in [2.75, 3.05) is 5.75 Å². The number of carbonyl (C=O) groups is 1. The molecular weight excluding hydrogens is 412 g/mol. The summed E-state index contributed by atoms with van der Waals surface area (Å²) < 4.78 is 3.52. The molecule has 0 unspecified atom stereocenters. The van der Waals surface area contributed by atoms with Gasteiger partial charge in [-0.15, -0.1) is 10.2 Å². The van der Waals surface area contributed by atoms with Crippen LogP contribution in [0.5, 0.6) is 0 Å². The molecule has 1 N–H and O–H groups in total. The summed E-state index contributed by atoms with van der Waals surface area (Å²) in [6.07, 6.45) is 4.15. The standard InChI is InChI=1S/C22H26N6O2S/c1-15(2)9-12-27-19(30)16-7-3-4-8-17(16)28-20(27)25-26-21(28)31-13-18(29)24-22(14-23)10-5-6-11-22/h3-4,7-8,15H,5-6,9-13H2,1-2H3,(H,24,29). The number of nitriles is 1. The van der Waals surface area contributed by atoms with Crippen molar-refractivity contribution in [3.63, 3.8) is 0 Å². The lowest BCUT2D eigenvalue weighted by molar-refractivity contribution is -0.119. The van der Waals surface area contributed by atoms with E-state index in [9.17, 15) is 14.9 Å². The molecule has 8 nitrogen and oxygen atoms in total. The maximum atomic E-state index is 13.1. The van der Waals surface area contributed by atoms with Gasteiger partial charge in [-0.2, -0.15) is 5.26 Å². The zero-order chi connectivity index (χ0) is 22.0. The van der Waals surface area contributed by atoms with E-state index in [0.29, 0.717) is 41.6 Å². The Balaban J connectivity index is 1.65. The molecule has 1 fully saturated rings. The van der Waals surface area contributed by atoms with Crippen molar-refractivity contribution >= 4 is 34.3 Å². The van der Waals surface area contributed by atoms with E-state index >= 15 is 0 Å². The van der Waals surface area contributed by atoms with Crippen molar-refractivity contribution in [3.8, 4) is 6.07 Å². The highest BCUT2D eigenvalue weighted by molar-refractivity contribution is 7.99. The first-order valence-corrected chi connectivity index (χ1v) is 11.6. The number of amides is 1. The second-order valence-corrected chi connectivity index (χ2v) is 9.45. The third-order valence-corrected chi connectivity index (χ3v) is 6.72. The molecule has 1 amide bonds. The number of nitrogens with one attached hydrogen (secondary N) is 1. The van der Waals surface area contributed by atoms with E-state index in [1.54, 1.807) is 10.6 Å². The fraction of sp³-hybridized carbons (Fsp3) is 0.500. The molecule has 1 saturated carbocycles. The molecule has 0 atom stereocenters. The second-order valence-electron chi connectivity index (χ2n) is 8.51. The van der Waals surface area contributed by atoms with Crippen LogP contribution in [0, 0.1) is 17.2 Å². The summed E-state index contributed by atoms with van der Waals surface area (Å²) in [7, 11) is 0. The predicted molar refractivity (Wildman–Crippen MR) is 120 cm³/mol. The summed E-state index contributed by atoms with van der Waals surface area (Å²) in [5.74, 6) is 0.866. The summed E-state index contributed by atoms with van der Waals surface area (Å²) >= 11 is 1.26. The van der Waals surface area contributed by atoms with E-state index in [2.05, 4.69) is 35.4 Å². The Kier molecular flexibility index (Phi) is 6.01. The highest BCUT2D eigenvalue weighted by Crippen LogP contribution is 2.29. The predicted octanol–water partition coefficient (Wildman–Crippen LogP) is 3.13. The first kappa shape index (κ1) is 21.4. The van der Waals surface area contributed by atoms with Gasteiger partial charge in [-0.1, -0.05) is 37.7 Å². The summed E-state index contributed by atoms with van der Waals surface area (Å²) in [5, 5.41) is 22.1. The Morgan fingerprint density at radius 3 is 2.74 bits per heavy atom. The van der Waals surface area contributed by atoms with Crippen LogP contribution in [0.2, 0.25) is 0 Å². The van der Waals surface area contributed by atoms with Crippen LogP contribution in [0.25, 0.3) is 16.7 Å². The summed E-state index contributed by atoms with van der Waals surface area (Å²) in [6.45, 7) is 4.79. The van der Waals surface area contributed by atoms with Gasteiger partial charge in [0.25, 0.3) is 5.56 Å². The van der Waals surface area contributed by atoms with E-state index in [-0.39, 0.29) is 17.2 Å². The lowest BCUT2D eigenvalue weighted by Gasteiger charge is -2.21. The fourth-order valence-corrected chi connectivity index (χ4v) is 4.83. The number of thioether (sulfide) groups is 1. The van der Waals surface area contributed by atoms with Crippen LogP contribution in [-0.2, 0) is 11.3 Å². The number of fused-ring (bicyclic) bond motifs is 3. The van der Waals surface area contributed by atoms with Crippen LogP contribution in [0.3, 0.4) is 0 Å². The van der Waals surface area contributed by atoms with Crippen molar-refractivity contribution in [2.24, 2.45) is 5.92 Å². The van der Waals surface area contributed by atoms with Crippen LogP contribution in [0.15, 0.2) is 34.2 Å². The topological polar surface area (TPSA) is 105 Å². The van der Waals surface area contributed by atoms with Crippen LogP contribution in [0.1, 0.15) is 46.0 Å². The van der Waals surface area contributed by atoms with Crippen molar-refractivity contribution in [1.82, 2.24) is 24.5 Å². The maximum absolute atomic E-state index is 13.1. The second kappa shape index (κ2) is 8.71. The van der Waals surface area contributed by atoms with Crippen molar-refractivity contribution < 1.29 is 4.79 Å². The lowest BCUT2D eigenvalue weighted by atomic mass is 10.0. The number of aromatic nitrogens is 4. The molecule has 31 heavy (non-hydrogen) atoms. The number of benzene rings is 1. The van der Waals surface area contributed by atoms with Crippen LogP contribution in [-0.4, -0.2) is 36.4 Å². The van der Waals surface area contributed by atoms with Gasteiger partial charge in [-0.3, -0.25) is 18.6 Å². The molecule has 1 aliphatic carbocycles. The van der Waals surface area contributed by atoms with Crippen LogP contribution >= 0.6 is 11.8 Å². The quantitative estimate of drug-likeness (QED) is 0.568. The monoisotopic (exact) mass is 438 g/mol. The molecule has 0 saturated heterocycles. The molecule has 162 valence electrons. The van der Waals surface area contributed by atoms with Gasteiger partial charge in [-0.25, -0.2) is 0 Å². The van der Waals surface area contributed by atoms with Gasteiger partial charge in [-0.05, 0) is 50.2 Å². The number of aryl methyl sites for hydroxylation is 1. The molecule has 1 aliphatic rings. The van der Waals surface area contributed by atoms with Gasteiger partial charge in [0.2, 0.25) is 11.7 Å². The molecular formula is C22H26N6O2S. The Morgan fingerprint density at radius 2 is 2.03 bits per heavy atom. The number of nitrogens with zero attached hydrogens (tertiary/aromatic N) is 5. The van der Waals surface area contributed by atoms with Gasteiger partial charge in [0.05, 0.1) is 22.7 Å². The van der Waals surface area contributed by atoms with Crippen molar-refractivity contribution in [3.05, 3.63) is 34.6 Å². The van der Waals surface area contributed by atoms with E-state index in [4.69, 9.17) is 0 Å². The molecule has 0 aliphatic heterocycles. The Morgan fingerprint density at radius 1 is 1.29 bits per heavy atom. The first-order valence-electron chi connectivity index (χ1n) is 10.7. The third kappa shape index (κ3) is 4.17. The molecule has 2 aromatic heterocycles. The Hall–Kier alpha value is -2.86. The third-order valence-electron chi connectivity index (χ3n) is 5.79. The molecule has 3 aromatic rings. The fourth-order valence-electron chi connectivity index (χ4n) is 4.09.